The molecule has 0 radical (unpaired) electrons. The summed E-state index contributed by atoms with van der Waals surface area (Å²) in [6, 6.07) is 6.94. The van der Waals surface area contributed by atoms with E-state index in [1.807, 2.05) is 0 Å². The Kier molecular flexibility index (Phi) is 3.74. The summed E-state index contributed by atoms with van der Waals surface area (Å²) in [5.74, 6) is -1.57. The fourth-order valence-corrected chi connectivity index (χ4v) is 3.13. The average molecular weight is 339 g/mol. The zero-order valence-corrected chi connectivity index (χ0v) is 12.4. The minimum atomic E-state index is -3.91. The lowest BCUT2D eigenvalue weighted by atomic mass is 10.2. The topological polar surface area (TPSA) is 94.8 Å². The highest BCUT2D eigenvalue weighted by molar-refractivity contribution is 7.89. The number of aromatic amines is 2. The molecule has 0 saturated heterocycles. The number of aromatic nitrogens is 2. The molecule has 3 aromatic rings. The molecule has 0 aliphatic carbocycles. The van der Waals surface area contributed by atoms with Crippen LogP contribution in [0.3, 0.4) is 0 Å². The molecule has 0 unspecified atom stereocenters. The number of fused-ring (bicyclic) bond motifs is 1. The first-order valence-corrected chi connectivity index (χ1v) is 7.99. The van der Waals surface area contributed by atoms with Crippen LogP contribution in [0.1, 0.15) is 5.56 Å². The highest BCUT2D eigenvalue weighted by atomic mass is 32.2. The van der Waals surface area contributed by atoms with E-state index < -0.39 is 27.3 Å². The third-order valence-electron chi connectivity index (χ3n) is 3.27. The number of hydrogen-bond donors (Lipinski definition) is 3. The maximum absolute atomic E-state index is 13.5. The maximum atomic E-state index is 13.5. The lowest BCUT2D eigenvalue weighted by molar-refractivity contribution is 0.562. The molecule has 2 aromatic carbocycles. The number of halogens is 2. The first-order valence-electron chi connectivity index (χ1n) is 6.51. The van der Waals surface area contributed by atoms with E-state index >= 15 is 0 Å². The molecule has 1 heterocycles. The summed E-state index contributed by atoms with van der Waals surface area (Å²) in [7, 11) is -3.91. The largest absolute Gasteiger partial charge is 0.323 e. The van der Waals surface area contributed by atoms with Crippen LogP contribution in [0.4, 0.5) is 8.78 Å². The molecule has 0 fully saturated rings. The van der Waals surface area contributed by atoms with Crippen molar-refractivity contribution in [1.29, 1.82) is 0 Å². The highest BCUT2D eigenvalue weighted by Crippen LogP contribution is 2.16. The molecule has 0 atom stereocenters. The Balaban J connectivity index is 1.86. The van der Waals surface area contributed by atoms with Gasteiger partial charge >= 0.3 is 5.69 Å². The predicted molar refractivity (Wildman–Crippen MR) is 79.3 cm³/mol. The van der Waals surface area contributed by atoms with Gasteiger partial charge < -0.3 is 9.97 Å². The zero-order chi connectivity index (χ0) is 16.6. The predicted octanol–water partition coefficient (Wildman–Crippen LogP) is 1.61. The molecule has 120 valence electrons. The van der Waals surface area contributed by atoms with Crippen molar-refractivity contribution in [3.05, 3.63) is 64.1 Å². The van der Waals surface area contributed by atoms with Crippen LogP contribution in [-0.4, -0.2) is 18.4 Å². The molecule has 0 aliphatic rings. The van der Waals surface area contributed by atoms with Gasteiger partial charge in [0.2, 0.25) is 10.0 Å². The van der Waals surface area contributed by atoms with E-state index in [2.05, 4.69) is 14.7 Å². The van der Waals surface area contributed by atoms with E-state index in [0.717, 1.165) is 6.07 Å². The quantitative estimate of drug-likeness (QED) is 0.674. The van der Waals surface area contributed by atoms with Crippen LogP contribution >= 0.6 is 0 Å². The molecule has 0 bridgehead atoms. The monoisotopic (exact) mass is 339 g/mol. The van der Waals surface area contributed by atoms with Crippen LogP contribution in [-0.2, 0) is 16.6 Å². The summed E-state index contributed by atoms with van der Waals surface area (Å²) >= 11 is 0. The van der Waals surface area contributed by atoms with Crippen LogP contribution in [0, 0.1) is 11.6 Å². The van der Waals surface area contributed by atoms with Gasteiger partial charge in [-0.25, -0.2) is 26.7 Å². The maximum Gasteiger partial charge on any atom is 0.323 e. The SMILES string of the molecule is O=c1[nH]c2ccc(S(=O)(=O)NCc3ccc(F)cc3F)cc2[nH]1. The summed E-state index contributed by atoms with van der Waals surface area (Å²) in [5.41, 5.74) is 0.381. The van der Waals surface area contributed by atoms with Crippen molar-refractivity contribution in [3.63, 3.8) is 0 Å². The van der Waals surface area contributed by atoms with Crippen molar-refractivity contribution < 1.29 is 17.2 Å². The Bertz CT molecular complexity index is 1040. The zero-order valence-electron chi connectivity index (χ0n) is 11.6. The lowest BCUT2D eigenvalue weighted by Crippen LogP contribution is -2.23. The van der Waals surface area contributed by atoms with Crippen LogP contribution < -0.4 is 10.4 Å². The van der Waals surface area contributed by atoms with Gasteiger partial charge in [-0.15, -0.1) is 0 Å². The second-order valence-electron chi connectivity index (χ2n) is 4.85. The van der Waals surface area contributed by atoms with Gasteiger partial charge in [0.05, 0.1) is 15.9 Å². The smallest absolute Gasteiger partial charge is 0.306 e. The molecule has 1 aromatic heterocycles. The van der Waals surface area contributed by atoms with Crippen LogP contribution in [0.15, 0.2) is 46.1 Å². The second kappa shape index (κ2) is 5.60. The van der Waals surface area contributed by atoms with Gasteiger partial charge in [-0.05, 0) is 24.3 Å². The van der Waals surface area contributed by atoms with Crippen molar-refractivity contribution in [2.24, 2.45) is 0 Å². The Labute approximate surface area is 129 Å². The molecule has 0 spiro atoms. The Morgan fingerprint density at radius 2 is 1.74 bits per heavy atom. The van der Waals surface area contributed by atoms with Gasteiger partial charge in [0.25, 0.3) is 0 Å². The summed E-state index contributed by atoms with van der Waals surface area (Å²) in [4.78, 5) is 16.0. The number of rotatable bonds is 4. The molecule has 3 rings (SSSR count). The summed E-state index contributed by atoms with van der Waals surface area (Å²) in [6.07, 6.45) is 0. The minimum absolute atomic E-state index is 0.0195. The second-order valence-corrected chi connectivity index (χ2v) is 6.61. The molecule has 0 saturated carbocycles. The average Bonchev–Trinajstić information content (AvgIpc) is 2.85. The Morgan fingerprint density at radius 1 is 1.00 bits per heavy atom. The Hall–Kier alpha value is -2.52. The van der Waals surface area contributed by atoms with E-state index in [4.69, 9.17) is 0 Å². The molecule has 6 nitrogen and oxygen atoms in total. The van der Waals surface area contributed by atoms with Gasteiger partial charge in [0, 0.05) is 18.2 Å². The van der Waals surface area contributed by atoms with E-state index in [1.165, 1.54) is 24.3 Å². The van der Waals surface area contributed by atoms with Crippen molar-refractivity contribution in [1.82, 2.24) is 14.7 Å². The third kappa shape index (κ3) is 3.15. The number of hydrogen-bond acceptors (Lipinski definition) is 3. The van der Waals surface area contributed by atoms with Crippen molar-refractivity contribution in [3.8, 4) is 0 Å². The van der Waals surface area contributed by atoms with E-state index in [1.54, 1.807) is 0 Å². The van der Waals surface area contributed by atoms with Crippen molar-refractivity contribution in [2.75, 3.05) is 0 Å². The van der Waals surface area contributed by atoms with Gasteiger partial charge in [0.15, 0.2) is 0 Å². The fraction of sp³-hybridized carbons (Fsp3) is 0.0714. The molecule has 9 heteroatoms. The third-order valence-corrected chi connectivity index (χ3v) is 4.66. The van der Waals surface area contributed by atoms with E-state index in [9.17, 15) is 22.0 Å². The fourth-order valence-electron chi connectivity index (χ4n) is 2.10. The normalized spacial score (nSPS) is 11.9. The summed E-state index contributed by atoms with van der Waals surface area (Å²) < 4.78 is 53.0. The summed E-state index contributed by atoms with van der Waals surface area (Å²) in [6.45, 7) is -0.323. The van der Waals surface area contributed by atoms with Crippen LogP contribution in [0.25, 0.3) is 11.0 Å². The van der Waals surface area contributed by atoms with Gasteiger partial charge in [-0.1, -0.05) is 6.07 Å². The number of H-pyrrole nitrogens is 2. The molecular formula is C14H11F2N3O3S. The number of benzene rings is 2. The first kappa shape index (κ1) is 15.4. The molecular weight excluding hydrogens is 328 g/mol. The van der Waals surface area contributed by atoms with Gasteiger partial charge in [-0.2, -0.15) is 0 Å². The molecule has 3 N–H and O–H groups in total. The van der Waals surface area contributed by atoms with E-state index in [-0.39, 0.29) is 17.0 Å². The van der Waals surface area contributed by atoms with Crippen molar-refractivity contribution >= 4 is 21.1 Å². The standard InChI is InChI=1S/C14H11F2N3O3S/c15-9-2-1-8(11(16)5-9)7-17-23(21,22)10-3-4-12-13(6-10)19-14(20)18-12/h1-6,17H,7H2,(H2,18,19,20). The van der Waals surface area contributed by atoms with Crippen molar-refractivity contribution in [2.45, 2.75) is 11.4 Å². The molecule has 0 amide bonds. The number of imidazole rings is 1. The number of nitrogens with one attached hydrogen (secondary N) is 3. The van der Waals surface area contributed by atoms with Crippen LogP contribution in [0.2, 0.25) is 0 Å². The first-order chi connectivity index (χ1) is 10.8. The van der Waals surface area contributed by atoms with E-state index in [0.29, 0.717) is 17.1 Å². The Morgan fingerprint density at radius 3 is 2.48 bits per heavy atom. The van der Waals surface area contributed by atoms with Crippen LogP contribution in [0.5, 0.6) is 0 Å². The minimum Gasteiger partial charge on any atom is -0.306 e. The number of sulfonamides is 1. The van der Waals surface area contributed by atoms with Gasteiger partial charge in [0.1, 0.15) is 11.6 Å². The lowest BCUT2D eigenvalue weighted by Gasteiger charge is -2.08. The highest BCUT2D eigenvalue weighted by Gasteiger charge is 2.16. The molecule has 0 aliphatic heterocycles. The van der Waals surface area contributed by atoms with Gasteiger partial charge in [-0.3, -0.25) is 0 Å². The summed E-state index contributed by atoms with van der Waals surface area (Å²) in [5, 5.41) is 0. The molecule has 23 heavy (non-hydrogen) atoms.